The number of benzene rings is 1. The Kier molecular flexibility index (Phi) is 4.93. The second-order valence-corrected chi connectivity index (χ2v) is 4.66. The summed E-state index contributed by atoms with van der Waals surface area (Å²) in [4.78, 5) is 22.7. The Morgan fingerprint density at radius 1 is 0.824 bits per heavy atom. The fraction of sp³-hybridized carbons (Fsp3) is 0.111. The molecule has 0 aliphatic carbocycles. The van der Waals surface area contributed by atoms with Crippen molar-refractivity contribution in [3.63, 3.8) is 0 Å². The topological polar surface area (TPSA) is 43.4 Å². The van der Waals surface area contributed by atoms with Crippen LogP contribution >= 0.6 is 58.0 Å². The highest BCUT2D eigenvalue weighted by Crippen LogP contribution is 2.44. The Labute approximate surface area is 121 Å². The molecule has 0 fully saturated rings. The van der Waals surface area contributed by atoms with Crippen LogP contribution in [0.25, 0.3) is 0 Å². The number of hydrogen-bond donors (Lipinski definition) is 0. The lowest BCUT2D eigenvalue weighted by atomic mass is 10.1. The molecular formula is C9H3Cl5O3. The molecule has 0 bridgehead atoms. The Balaban J connectivity index is 3.55. The maximum absolute atomic E-state index is 11.6. The molecule has 1 aromatic rings. The summed E-state index contributed by atoms with van der Waals surface area (Å²) in [5.41, 5.74) is -0.334. The van der Waals surface area contributed by atoms with Gasteiger partial charge in [0, 0.05) is 0 Å². The number of esters is 1. The highest BCUT2D eigenvalue weighted by atomic mass is 35.5. The van der Waals surface area contributed by atoms with Gasteiger partial charge in [-0.1, -0.05) is 58.0 Å². The minimum Gasteiger partial charge on any atom is -0.463 e. The molecule has 0 spiro atoms. The highest BCUT2D eigenvalue weighted by Gasteiger charge is 2.28. The highest BCUT2D eigenvalue weighted by molar-refractivity contribution is 6.59. The third kappa shape index (κ3) is 2.64. The van der Waals surface area contributed by atoms with Crippen molar-refractivity contribution in [3.8, 4) is 0 Å². The molecule has 0 amide bonds. The van der Waals surface area contributed by atoms with Crippen molar-refractivity contribution < 1.29 is 14.3 Å². The second kappa shape index (κ2) is 5.63. The molecule has 1 rings (SSSR count). The van der Waals surface area contributed by atoms with E-state index in [-0.39, 0.29) is 30.7 Å². The molecule has 0 aliphatic rings. The van der Waals surface area contributed by atoms with Gasteiger partial charge >= 0.3 is 5.97 Å². The van der Waals surface area contributed by atoms with Crippen molar-refractivity contribution in [1.29, 1.82) is 0 Å². The fourth-order valence-electron chi connectivity index (χ4n) is 0.999. The number of methoxy groups -OCH3 is 1. The molecule has 0 unspecified atom stereocenters. The number of carbonyl (C=O) groups excluding carboxylic acids is 2. The van der Waals surface area contributed by atoms with Crippen molar-refractivity contribution in [3.05, 3.63) is 30.7 Å². The number of halogens is 5. The number of hydrogen-bond acceptors (Lipinski definition) is 3. The molecule has 3 nitrogen and oxygen atoms in total. The van der Waals surface area contributed by atoms with E-state index >= 15 is 0 Å². The lowest BCUT2D eigenvalue weighted by Gasteiger charge is -2.10. The van der Waals surface area contributed by atoms with Gasteiger partial charge in [-0.3, -0.25) is 4.79 Å². The van der Waals surface area contributed by atoms with Crippen molar-refractivity contribution >= 4 is 69.8 Å². The monoisotopic (exact) mass is 334 g/mol. The van der Waals surface area contributed by atoms with Crippen LogP contribution in [-0.4, -0.2) is 18.9 Å². The zero-order chi connectivity index (χ0) is 13.3. The Morgan fingerprint density at radius 3 is 1.53 bits per heavy atom. The smallest absolute Gasteiger partial charge is 0.379 e. The molecule has 0 aliphatic heterocycles. The Morgan fingerprint density at radius 2 is 1.18 bits per heavy atom. The van der Waals surface area contributed by atoms with Gasteiger partial charge in [-0.15, -0.1) is 0 Å². The fourth-order valence-corrected chi connectivity index (χ4v) is 2.31. The first-order valence-corrected chi connectivity index (χ1v) is 5.86. The first-order chi connectivity index (χ1) is 7.82. The lowest BCUT2D eigenvalue weighted by molar-refractivity contribution is -0.135. The van der Waals surface area contributed by atoms with Crippen LogP contribution in [0, 0.1) is 0 Å². The van der Waals surface area contributed by atoms with Gasteiger partial charge < -0.3 is 4.74 Å². The quantitative estimate of drug-likeness (QED) is 0.266. The molecule has 0 heterocycles. The minimum atomic E-state index is -1.14. The van der Waals surface area contributed by atoms with Crippen LogP contribution in [0.15, 0.2) is 0 Å². The first-order valence-electron chi connectivity index (χ1n) is 3.97. The van der Waals surface area contributed by atoms with Crippen LogP contribution in [0.3, 0.4) is 0 Å². The van der Waals surface area contributed by atoms with E-state index in [1.54, 1.807) is 0 Å². The van der Waals surface area contributed by atoms with E-state index in [0.29, 0.717) is 0 Å². The van der Waals surface area contributed by atoms with E-state index in [1.807, 2.05) is 0 Å². The van der Waals surface area contributed by atoms with Crippen LogP contribution in [0.2, 0.25) is 25.1 Å². The van der Waals surface area contributed by atoms with Gasteiger partial charge in [0.15, 0.2) is 0 Å². The summed E-state index contributed by atoms with van der Waals surface area (Å²) in [6.45, 7) is 0. The van der Waals surface area contributed by atoms with E-state index < -0.39 is 11.8 Å². The summed E-state index contributed by atoms with van der Waals surface area (Å²) in [5, 5.41) is -0.905. The molecular weight excluding hydrogens is 333 g/mol. The number of rotatable bonds is 2. The van der Waals surface area contributed by atoms with Crippen LogP contribution in [-0.2, 0) is 9.53 Å². The molecule has 1 aromatic carbocycles. The van der Waals surface area contributed by atoms with Gasteiger partial charge in [0.1, 0.15) is 0 Å². The van der Waals surface area contributed by atoms with Crippen LogP contribution in [0.1, 0.15) is 10.4 Å². The van der Waals surface area contributed by atoms with Crippen LogP contribution in [0.5, 0.6) is 0 Å². The number of ether oxygens (including phenoxy) is 1. The molecule has 0 N–H and O–H groups in total. The zero-order valence-electron chi connectivity index (χ0n) is 8.11. The lowest BCUT2D eigenvalue weighted by Crippen LogP contribution is -2.17. The van der Waals surface area contributed by atoms with E-state index in [4.69, 9.17) is 58.0 Å². The number of Topliss-reactive ketones (excluding diaryl/α,β-unsaturated/α-hetero) is 1. The third-order valence-corrected chi connectivity index (χ3v) is 4.08. The van der Waals surface area contributed by atoms with E-state index in [2.05, 4.69) is 4.74 Å². The van der Waals surface area contributed by atoms with Gasteiger partial charge in [0.2, 0.25) is 0 Å². The van der Waals surface area contributed by atoms with Gasteiger partial charge in [-0.05, 0) is 0 Å². The SMILES string of the molecule is COC(=O)C(=O)c1c(Cl)c(Cl)c(Cl)c(Cl)c1Cl. The zero-order valence-corrected chi connectivity index (χ0v) is 11.9. The molecule has 92 valence electrons. The normalized spacial score (nSPS) is 10.2. The van der Waals surface area contributed by atoms with Gasteiger partial charge in [-0.2, -0.15) is 0 Å². The summed E-state index contributed by atoms with van der Waals surface area (Å²) < 4.78 is 4.26. The van der Waals surface area contributed by atoms with E-state index in [1.165, 1.54) is 0 Å². The van der Waals surface area contributed by atoms with Crippen LogP contribution in [0.4, 0.5) is 0 Å². The first kappa shape index (κ1) is 14.9. The van der Waals surface area contributed by atoms with Gasteiger partial charge in [-0.25, -0.2) is 4.79 Å². The van der Waals surface area contributed by atoms with Crippen LogP contribution < -0.4 is 0 Å². The molecule has 17 heavy (non-hydrogen) atoms. The Bertz CT molecular complexity index is 483. The maximum Gasteiger partial charge on any atom is 0.379 e. The van der Waals surface area contributed by atoms with E-state index in [9.17, 15) is 9.59 Å². The maximum atomic E-state index is 11.6. The van der Waals surface area contributed by atoms with Crippen molar-refractivity contribution in [1.82, 2.24) is 0 Å². The predicted octanol–water partition coefficient (Wildman–Crippen LogP) is 4.31. The van der Waals surface area contributed by atoms with Gasteiger partial charge in [0.05, 0.1) is 37.8 Å². The number of ketones is 1. The second-order valence-electron chi connectivity index (χ2n) is 2.77. The standard InChI is InChI=1S/C9H3Cl5O3/c1-17-9(16)8(15)2-3(10)5(12)7(14)6(13)4(2)11/h1H3. The predicted molar refractivity (Wildman–Crippen MR) is 67.8 cm³/mol. The molecule has 0 atom stereocenters. The minimum absolute atomic E-state index is 0.0928. The molecule has 0 aromatic heterocycles. The summed E-state index contributed by atoms with van der Waals surface area (Å²) in [7, 11) is 1.04. The third-order valence-electron chi connectivity index (χ3n) is 1.81. The molecule has 0 saturated carbocycles. The van der Waals surface area contributed by atoms with Crippen molar-refractivity contribution in [2.45, 2.75) is 0 Å². The Hall–Kier alpha value is -0.190. The number of carbonyl (C=O) groups is 2. The molecule has 0 saturated heterocycles. The summed E-state index contributed by atoms with van der Waals surface area (Å²) >= 11 is 28.8. The average molecular weight is 336 g/mol. The average Bonchev–Trinajstić information content (AvgIpc) is 2.32. The summed E-state index contributed by atoms with van der Waals surface area (Å²) in [6.07, 6.45) is 0. The van der Waals surface area contributed by atoms with E-state index in [0.717, 1.165) is 7.11 Å². The molecule has 0 radical (unpaired) electrons. The largest absolute Gasteiger partial charge is 0.463 e. The summed E-state index contributed by atoms with van der Waals surface area (Å²) in [5.74, 6) is -2.19. The molecule has 8 heteroatoms. The summed E-state index contributed by atoms with van der Waals surface area (Å²) in [6, 6.07) is 0. The van der Waals surface area contributed by atoms with Crippen molar-refractivity contribution in [2.75, 3.05) is 7.11 Å². The van der Waals surface area contributed by atoms with Crippen molar-refractivity contribution in [2.24, 2.45) is 0 Å². The van der Waals surface area contributed by atoms with Gasteiger partial charge in [0.25, 0.3) is 5.78 Å².